The number of carbonyl (C=O) groups excluding carboxylic acids is 3. The summed E-state index contributed by atoms with van der Waals surface area (Å²) < 4.78 is 0. The number of phenolic OH excluding ortho intramolecular Hbond substituents is 1. The number of hydrogen-bond donors (Lipinski definition) is 7. The van der Waals surface area contributed by atoms with Crippen molar-refractivity contribution in [3.05, 3.63) is 29.8 Å². The predicted molar refractivity (Wildman–Crippen MR) is 97.6 cm³/mol. The van der Waals surface area contributed by atoms with Crippen molar-refractivity contribution in [2.45, 2.75) is 24.9 Å². The summed E-state index contributed by atoms with van der Waals surface area (Å²) in [5.74, 6) is -5.28. The van der Waals surface area contributed by atoms with Crippen LogP contribution in [0.25, 0.3) is 0 Å². The predicted octanol–water partition coefficient (Wildman–Crippen LogP) is -2.46. The first-order chi connectivity index (χ1) is 13.6. The van der Waals surface area contributed by atoms with Crippen molar-refractivity contribution in [3.63, 3.8) is 0 Å². The molecule has 29 heavy (non-hydrogen) atoms. The summed E-state index contributed by atoms with van der Waals surface area (Å²) in [4.78, 5) is 57.8. The maximum Gasteiger partial charge on any atom is 0.322 e. The molecule has 12 heteroatoms. The van der Waals surface area contributed by atoms with E-state index in [4.69, 9.17) is 15.9 Å². The number of hydrogen-bond acceptors (Lipinski definition) is 7. The number of aromatic hydroxyl groups is 1. The summed E-state index contributed by atoms with van der Waals surface area (Å²) in [6.45, 7) is -1.16. The Morgan fingerprint density at radius 2 is 1.52 bits per heavy atom. The highest BCUT2D eigenvalue weighted by Gasteiger charge is 2.28. The molecule has 0 fully saturated rings. The van der Waals surface area contributed by atoms with Gasteiger partial charge < -0.3 is 37.0 Å². The fraction of sp³-hybridized carbons (Fsp3) is 0.353. The van der Waals surface area contributed by atoms with E-state index in [2.05, 4.69) is 10.6 Å². The first kappa shape index (κ1) is 23.4. The van der Waals surface area contributed by atoms with E-state index in [1.165, 1.54) is 24.3 Å². The van der Waals surface area contributed by atoms with Crippen LogP contribution < -0.4 is 21.7 Å². The van der Waals surface area contributed by atoms with E-state index in [0.717, 1.165) is 0 Å². The van der Waals surface area contributed by atoms with Gasteiger partial charge in [0.15, 0.2) is 0 Å². The summed E-state index contributed by atoms with van der Waals surface area (Å²) in [6.07, 6.45) is -0.831. The lowest BCUT2D eigenvalue weighted by Gasteiger charge is -2.22. The van der Waals surface area contributed by atoms with Gasteiger partial charge in [0.1, 0.15) is 24.4 Å². The lowest BCUT2D eigenvalue weighted by Crippen LogP contribution is -2.55. The lowest BCUT2D eigenvalue weighted by molar-refractivity contribution is -0.141. The van der Waals surface area contributed by atoms with Gasteiger partial charge in [-0.2, -0.15) is 0 Å². The zero-order chi connectivity index (χ0) is 22.0. The molecule has 0 aliphatic rings. The van der Waals surface area contributed by atoms with Crippen LogP contribution in [0.5, 0.6) is 5.75 Å². The Hall–Kier alpha value is -3.67. The summed E-state index contributed by atoms with van der Waals surface area (Å²) in [5, 5.41) is 33.4. The summed E-state index contributed by atoms with van der Waals surface area (Å²) in [7, 11) is 0. The number of carbonyl (C=O) groups is 5. The highest BCUT2D eigenvalue weighted by Crippen LogP contribution is 2.11. The van der Waals surface area contributed by atoms with Gasteiger partial charge in [0, 0.05) is 6.42 Å². The van der Waals surface area contributed by atoms with Gasteiger partial charge in [-0.3, -0.25) is 24.0 Å². The van der Waals surface area contributed by atoms with Gasteiger partial charge in [0.2, 0.25) is 17.7 Å². The van der Waals surface area contributed by atoms with Gasteiger partial charge in [-0.15, -0.1) is 0 Å². The first-order valence-electron chi connectivity index (χ1n) is 8.41. The number of nitrogens with two attached hydrogens (primary N) is 1. The Kier molecular flexibility index (Phi) is 9.05. The fourth-order valence-corrected chi connectivity index (χ4v) is 2.27. The molecule has 0 radical (unpaired) electrons. The van der Waals surface area contributed by atoms with Crippen LogP contribution in [0.4, 0.5) is 0 Å². The number of amides is 3. The van der Waals surface area contributed by atoms with Crippen molar-refractivity contribution < 1.29 is 39.3 Å². The average molecular weight is 410 g/mol. The van der Waals surface area contributed by atoms with Crippen LogP contribution in [-0.4, -0.2) is 70.2 Å². The van der Waals surface area contributed by atoms with E-state index in [-0.39, 0.29) is 12.2 Å². The molecule has 158 valence electrons. The molecule has 2 atom stereocenters. The third kappa shape index (κ3) is 8.71. The standard InChI is InChI=1S/C17H22N4O8/c18-7-13(23)20-11(5-9-1-3-10(22)4-2-9)17(29)21-12(6-14(24)25)16(28)19-8-15(26)27/h1-4,11-12,22H,5-8,18H2,(H,19,28)(H,20,23)(H,21,29)(H,24,25)(H,26,27). The number of nitrogens with one attached hydrogen (secondary N) is 3. The highest BCUT2D eigenvalue weighted by atomic mass is 16.4. The number of benzene rings is 1. The molecule has 0 spiro atoms. The van der Waals surface area contributed by atoms with Crippen LogP contribution in [0.15, 0.2) is 24.3 Å². The van der Waals surface area contributed by atoms with E-state index in [1.54, 1.807) is 0 Å². The van der Waals surface area contributed by atoms with E-state index in [9.17, 15) is 29.1 Å². The molecule has 0 heterocycles. The second kappa shape index (κ2) is 11.2. The normalized spacial score (nSPS) is 12.3. The number of carboxylic acid groups (broad SMARTS) is 2. The Labute approximate surface area is 165 Å². The Morgan fingerprint density at radius 3 is 2.03 bits per heavy atom. The smallest absolute Gasteiger partial charge is 0.322 e. The van der Waals surface area contributed by atoms with Crippen LogP contribution >= 0.6 is 0 Å². The molecule has 2 unspecified atom stereocenters. The second-order valence-electron chi connectivity index (χ2n) is 5.97. The number of carboxylic acids is 2. The number of phenols is 1. The molecule has 1 aromatic rings. The third-order valence-corrected chi connectivity index (χ3v) is 3.64. The van der Waals surface area contributed by atoms with Crippen molar-refractivity contribution in [2.24, 2.45) is 5.73 Å². The molecule has 0 bridgehead atoms. The molecule has 12 nitrogen and oxygen atoms in total. The Balaban J connectivity index is 2.95. The lowest BCUT2D eigenvalue weighted by atomic mass is 10.0. The zero-order valence-electron chi connectivity index (χ0n) is 15.3. The molecule has 0 aliphatic heterocycles. The van der Waals surface area contributed by atoms with Gasteiger partial charge in [0.25, 0.3) is 0 Å². The van der Waals surface area contributed by atoms with Crippen LogP contribution in [-0.2, 0) is 30.4 Å². The maximum absolute atomic E-state index is 12.6. The molecular weight excluding hydrogens is 388 g/mol. The molecule has 3 amide bonds. The van der Waals surface area contributed by atoms with Crippen LogP contribution in [0.1, 0.15) is 12.0 Å². The monoisotopic (exact) mass is 410 g/mol. The minimum atomic E-state index is -1.56. The largest absolute Gasteiger partial charge is 0.508 e. The third-order valence-electron chi connectivity index (χ3n) is 3.64. The number of aliphatic carboxylic acids is 2. The van der Waals surface area contributed by atoms with Crippen molar-refractivity contribution >= 4 is 29.7 Å². The molecule has 0 aliphatic carbocycles. The number of rotatable bonds is 11. The topological polar surface area (TPSA) is 208 Å². The van der Waals surface area contributed by atoms with Crippen molar-refractivity contribution in [1.29, 1.82) is 0 Å². The first-order valence-corrected chi connectivity index (χ1v) is 8.41. The van der Waals surface area contributed by atoms with Gasteiger partial charge in [-0.05, 0) is 17.7 Å². The van der Waals surface area contributed by atoms with Crippen molar-refractivity contribution in [2.75, 3.05) is 13.1 Å². The van der Waals surface area contributed by atoms with Crippen LogP contribution in [0.2, 0.25) is 0 Å². The molecular formula is C17H22N4O8. The average Bonchev–Trinajstić information content (AvgIpc) is 2.66. The van der Waals surface area contributed by atoms with Crippen molar-refractivity contribution in [1.82, 2.24) is 16.0 Å². The maximum atomic E-state index is 12.6. The van der Waals surface area contributed by atoms with E-state index >= 15 is 0 Å². The summed E-state index contributed by atoms with van der Waals surface area (Å²) in [5.41, 5.74) is 5.80. The van der Waals surface area contributed by atoms with Crippen molar-refractivity contribution in [3.8, 4) is 5.75 Å². The molecule has 0 saturated carbocycles. The Morgan fingerprint density at radius 1 is 0.897 bits per heavy atom. The quantitative estimate of drug-likeness (QED) is 0.206. The summed E-state index contributed by atoms with van der Waals surface area (Å²) >= 11 is 0. The van der Waals surface area contributed by atoms with E-state index < -0.39 is 61.3 Å². The van der Waals surface area contributed by atoms with Crippen LogP contribution in [0, 0.1) is 0 Å². The van der Waals surface area contributed by atoms with Gasteiger partial charge in [-0.1, -0.05) is 12.1 Å². The molecule has 0 aromatic heterocycles. The fourth-order valence-electron chi connectivity index (χ4n) is 2.27. The van der Waals surface area contributed by atoms with Gasteiger partial charge in [0.05, 0.1) is 13.0 Å². The molecule has 8 N–H and O–H groups in total. The molecule has 1 aromatic carbocycles. The second-order valence-corrected chi connectivity index (χ2v) is 5.97. The van der Waals surface area contributed by atoms with E-state index in [1.807, 2.05) is 5.32 Å². The minimum absolute atomic E-state index is 0.00244. The zero-order valence-corrected chi connectivity index (χ0v) is 15.3. The highest BCUT2D eigenvalue weighted by molar-refractivity contribution is 5.94. The van der Waals surface area contributed by atoms with Crippen LogP contribution in [0.3, 0.4) is 0 Å². The molecule has 1 rings (SSSR count). The van der Waals surface area contributed by atoms with E-state index in [0.29, 0.717) is 5.56 Å². The Bertz CT molecular complexity index is 765. The van der Waals surface area contributed by atoms with Gasteiger partial charge >= 0.3 is 11.9 Å². The minimum Gasteiger partial charge on any atom is -0.508 e. The SMILES string of the molecule is NCC(=O)NC(Cc1ccc(O)cc1)C(=O)NC(CC(=O)O)C(=O)NCC(=O)O. The summed E-state index contributed by atoms with van der Waals surface area (Å²) in [6, 6.07) is 3.02. The molecule has 0 saturated heterocycles. The van der Waals surface area contributed by atoms with Gasteiger partial charge in [-0.25, -0.2) is 0 Å².